The third kappa shape index (κ3) is 3.45. The van der Waals surface area contributed by atoms with Gasteiger partial charge in [0.15, 0.2) is 5.78 Å². The highest BCUT2D eigenvalue weighted by molar-refractivity contribution is 5.97. The van der Waals surface area contributed by atoms with Gasteiger partial charge in [0.05, 0.1) is 12.2 Å². The maximum Gasteiger partial charge on any atom is 0.191 e. The molecule has 0 saturated heterocycles. The Morgan fingerprint density at radius 2 is 1.75 bits per heavy atom. The lowest BCUT2D eigenvalue weighted by molar-refractivity contribution is 0.0717. The van der Waals surface area contributed by atoms with Crippen molar-refractivity contribution in [3.8, 4) is 0 Å². The van der Waals surface area contributed by atoms with E-state index in [-0.39, 0.29) is 12.2 Å². The zero-order chi connectivity index (χ0) is 14.5. The average Bonchev–Trinajstić information content (AvgIpc) is 2.40. The summed E-state index contributed by atoms with van der Waals surface area (Å²) >= 11 is 0. The number of benzene rings is 2. The normalized spacial score (nSPS) is 10.6. The molecule has 0 heterocycles. The van der Waals surface area contributed by atoms with Gasteiger partial charge < -0.3 is 4.74 Å². The zero-order valence-electron chi connectivity index (χ0n) is 10.4. The molecule has 0 aliphatic rings. The highest BCUT2D eigenvalue weighted by atomic mass is 19.1. The van der Waals surface area contributed by atoms with Crippen LogP contribution in [0.5, 0.6) is 0 Å². The van der Waals surface area contributed by atoms with Crippen LogP contribution in [0.3, 0.4) is 0 Å². The van der Waals surface area contributed by atoms with E-state index in [0.29, 0.717) is 11.6 Å². The van der Waals surface area contributed by atoms with Gasteiger partial charge >= 0.3 is 0 Å². The molecule has 0 spiro atoms. The van der Waals surface area contributed by atoms with Gasteiger partial charge in [-0.05, 0) is 18.2 Å². The van der Waals surface area contributed by atoms with E-state index in [1.54, 1.807) is 6.07 Å². The molecule has 2 aromatic carbocycles. The van der Waals surface area contributed by atoms with Gasteiger partial charge in [-0.2, -0.15) is 0 Å². The van der Waals surface area contributed by atoms with E-state index < -0.39 is 29.8 Å². The van der Waals surface area contributed by atoms with Crippen molar-refractivity contribution in [1.29, 1.82) is 0 Å². The summed E-state index contributed by atoms with van der Waals surface area (Å²) in [5.41, 5.74) is 0.0554. The number of rotatable bonds is 5. The Balaban J connectivity index is 1.94. The Kier molecular flexibility index (Phi) is 4.53. The van der Waals surface area contributed by atoms with Crippen LogP contribution in [0.25, 0.3) is 0 Å². The maximum absolute atomic E-state index is 13.3. The topological polar surface area (TPSA) is 26.3 Å². The largest absolute Gasteiger partial charge is 0.369 e. The molecule has 0 saturated carbocycles. The standard InChI is InChI=1S/C15H11F3O2/c16-11-5-6-12(14(18)7-11)15(19)9-20-8-10-3-1-2-4-13(10)17/h1-7H,8-9H2. The summed E-state index contributed by atoms with van der Waals surface area (Å²) in [4.78, 5) is 11.7. The third-order valence-corrected chi connectivity index (χ3v) is 2.68. The summed E-state index contributed by atoms with van der Waals surface area (Å²) in [5.74, 6) is -2.76. The SMILES string of the molecule is O=C(COCc1ccccc1F)c1ccc(F)cc1F. The van der Waals surface area contributed by atoms with Crippen LogP contribution >= 0.6 is 0 Å². The van der Waals surface area contributed by atoms with Crippen molar-refractivity contribution in [3.63, 3.8) is 0 Å². The average molecular weight is 280 g/mol. The highest BCUT2D eigenvalue weighted by Crippen LogP contribution is 2.12. The second-order valence-corrected chi connectivity index (χ2v) is 4.13. The molecule has 0 aromatic heterocycles. The highest BCUT2D eigenvalue weighted by Gasteiger charge is 2.13. The van der Waals surface area contributed by atoms with E-state index in [4.69, 9.17) is 4.74 Å². The van der Waals surface area contributed by atoms with Crippen LogP contribution in [0, 0.1) is 17.5 Å². The predicted octanol–water partition coefficient (Wildman–Crippen LogP) is 3.50. The van der Waals surface area contributed by atoms with Crippen LogP contribution in [0.4, 0.5) is 13.2 Å². The summed E-state index contributed by atoms with van der Waals surface area (Å²) < 4.78 is 44.4. The van der Waals surface area contributed by atoms with Crippen molar-refractivity contribution >= 4 is 5.78 Å². The van der Waals surface area contributed by atoms with Crippen LogP contribution in [-0.2, 0) is 11.3 Å². The van der Waals surface area contributed by atoms with E-state index in [0.717, 1.165) is 12.1 Å². The molecule has 104 valence electrons. The molecule has 0 aliphatic carbocycles. The molecule has 20 heavy (non-hydrogen) atoms. The minimum Gasteiger partial charge on any atom is -0.369 e. The summed E-state index contributed by atoms with van der Waals surface area (Å²) in [6, 6.07) is 8.66. The molecule has 2 rings (SSSR count). The summed E-state index contributed by atoms with van der Waals surface area (Å²) in [6.07, 6.45) is 0. The van der Waals surface area contributed by atoms with Crippen molar-refractivity contribution < 1.29 is 22.7 Å². The molecule has 2 aromatic rings. The molecule has 0 aliphatic heterocycles. The van der Waals surface area contributed by atoms with E-state index in [9.17, 15) is 18.0 Å². The predicted molar refractivity (Wildman–Crippen MR) is 66.7 cm³/mol. The third-order valence-electron chi connectivity index (χ3n) is 2.68. The number of hydrogen-bond donors (Lipinski definition) is 0. The van der Waals surface area contributed by atoms with Crippen molar-refractivity contribution in [2.24, 2.45) is 0 Å². The van der Waals surface area contributed by atoms with Crippen LogP contribution < -0.4 is 0 Å². The van der Waals surface area contributed by atoms with Gasteiger partial charge in [0.25, 0.3) is 0 Å². The Morgan fingerprint density at radius 1 is 1.00 bits per heavy atom. The smallest absolute Gasteiger partial charge is 0.191 e. The molecule has 0 fully saturated rings. The van der Waals surface area contributed by atoms with E-state index in [2.05, 4.69) is 0 Å². The van der Waals surface area contributed by atoms with Crippen molar-refractivity contribution in [3.05, 3.63) is 71.0 Å². The summed E-state index contributed by atoms with van der Waals surface area (Å²) in [6.45, 7) is -0.502. The van der Waals surface area contributed by atoms with Gasteiger partial charge in [0.1, 0.15) is 24.1 Å². The lowest BCUT2D eigenvalue weighted by Crippen LogP contribution is -2.11. The fourth-order valence-corrected chi connectivity index (χ4v) is 1.66. The molecule has 0 unspecified atom stereocenters. The second-order valence-electron chi connectivity index (χ2n) is 4.13. The first-order valence-electron chi connectivity index (χ1n) is 5.87. The Labute approximate surface area is 113 Å². The van der Waals surface area contributed by atoms with Gasteiger partial charge in [-0.25, -0.2) is 13.2 Å². The first kappa shape index (κ1) is 14.3. The molecular formula is C15H11F3O2. The Bertz CT molecular complexity index is 626. The monoisotopic (exact) mass is 280 g/mol. The molecule has 2 nitrogen and oxygen atoms in total. The molecule has 0 radical (unpaired) electrons. The molecule has 5 heteroatoms. The number of ether oxygens (including phenoxy) is 1. The maximum atomic E-state index is 13.3. The van der Waals surface area contributed by atoms with Crippen molar-refractivity contribution in [1.82, 2.24) is 0 Å². The number of ketones is 1. The molecule has 0 amide bonds. The van der Waals surface area contributed by atoms with Gasteiger partial charge in [-0.1, -0.05) is 18.2 Å². The Hall–Kier alpha value is -2.14. The molecule has 0 bridgehead atoms. The van der Waals surface area contributed by atoms with Crippen LogP contribution in [-0.4, -0.2) is 12.4 Å². The number of halogens is 3. The molecular weight excluding hydrogens is 269 g/mol. The Morgan fingerprint density at radius 3 is 2.45 bits per heavy atom. The van der Waals surface area contributed by atoms with E-state index in [1.165, 1.54) is 18.2 Å². The van der Waals surface area contributed by atoms with Gasteiger partial charge in [0.2, 0.25) is 0 Å². The number of carbonyl (C=O) groups excluding carboxylic acids is 1. The van der Waals surface area contributed by atoms with E-state index >= 15 is 0 Å². The fraction of sp³-hybridized carbons (Fsp3) is 0.133. The van der Waals surface area contributed by atoms with Crippen LogP contribution in [0.15, 0.2) is 42.5 Å². The van der Waals surface area contributed by atoms with Crippen molar-refractivity contribution in [2.45, 2.75) is 6.61 Å². The first-order valence-corrected chi connectivity index (χ1v) is 5.87. The quantitative estimate of drug-likeness (QED) is 0.783. The minimum absolute atomic E-state index is 0.0960. The fourth-order valence-electron chi connectivity index (χ4n) is 1.66. The van der Waals surface area contributed by atoms with Crippen LogP contribution in [0.2, 0.25) is 0 Å². The molecule has 0 N–H and O–H groups in total. The second kappa shape index (κ2) is 6.34. The minimum atomic E-state index is -0.940. The lowest BCUT2D eigenvalue weighted by atomic mass is 10.1. The number of carbonyl (C=O) groups is 1. The van der Waals surface area contributed by atoms with Crippen LogP contribution in [0.1, 0.15) is 15.9 Å². The zero-order valence-corrected chi connectivity index (χ0v) is 10.4. The summed E-state index contributed by atoms with van der Waals surface area (Å²) in [5, 5.41) is 0. The van der Waals surface area contributed by atoms with Crippen molar-refractivity contribution in [2.75, 3.05) is 6.61 Å². The number of hydrogen-bond acceptors (Lipinski definition) is 2. The lowest BCUT2D eigenvalue weighted by Gasteiger charge is -2.06. The number of Topliss-reactive ketones (excluding diaryl/α,β-unsaturated/α-hetero) is 1. The van der Waals surface area contributed by atoms with E-state index in [1.807, 2.05) is 0 Å². The molecule has 0 atom stereocenters. The van der Waals surface area contributed by atoms with Gasteiger partial charge in [0, 0.05) is 11.6 Å². The van der Waals surface area contributed by atoms with Gasteiger partial charge in [-0.15, -0.1) is 0 Å². The van der Waals surface area contributed by atoms with Gasteiger partial charge in [-0.3, -0.25) is 4.79 Å². The summed E-state index contributed by atoms with van der Waals surface area (Å²) in [7, 11) is 0. The first-order chi connectivity index (χ1) is 9.58.